The van der Waals surface area contributed by atoms with Crippen molar-refractivity contribution in [3.63, 3.8) is 0 Å². The van der Waals surface area contributed by atoms with Gasteiger partial charge in [0.05, 0.1) is 24.1 Å². The Bertz CT molecular complexity index is 1270. The summed E-state index contributed by atoms with van der Waals surface area (Å²) in [5.74, 6) is 0.836. The van der Waals surface area contributed by atoms with Crippen molar-refractivity contribution in [2.75, 3.05) is 43.9 Å². The highest BCUT2D eigenvalue weighted by molar-refractivity contribution is 6.33. The first-order valence-electron chi connectivity index (χ1n) is 12.7. The maximum absolute atomic E-state index is 12.2. The summed E-state index contributed by atoms with van der Waals surface area (Å²) in [7, 11) is 1.57. The third-order valence-corrected chi connectivity index (χ3v) is 6.74. The molecule has 1 saturated heterocycles. The van der Waals surface area contributed by atoms with E-state index >= 15 is 0 Å². The number of amides is 2. The Hall–Kier alpha value is -3.93. The largest absolute Gasteiger partial charge is 0.494 e. The molecule has 0 radical (unpaired) electrons. The van der Waals surface area contributed by atoms with Crippen LogP contribution in [0, 0.1) is 5.92 Å². The van der Waals surface area contributed by atoms with E-state index < -0.39 is 0 Å². The second-order valence-electron chi connectivity index (χ2n) is 9.08. The van der Waals surface area contributed by atoms with Crippen molar-refractivity contribution in [3.05, 3.63) is 65.3 Å². The van der Waals surface area contributed by atoms with Crippen LogP contribution in [-0.2, 0) is 4.79 Å². The lowest BCUT2D eigenvalue weighted by molar-refractivity contribution is -0.134. The van der Waals surface area contributed by atoms with E-state index in [2.05, 4.69) is 30.8 Å². The fourth-order valence-corrected chi connectivity index (χ4v) is 4.46. The first-order chi connectivity index (χ1) is 19.0. The van der Waals surface area contributed by atoms with Crippen LogP contribution in [0.25, 0.3) is 0 Å². The maximum atomic E-state index is 12.2. The van der Waals surface area contributed by atoms with Gasteiger partial charge in [0.2, 0.25) is 11.9 Å². The van der Waals surface area contributed by atoms with Gasteiger partial charge in [-0.05, 0) is 68.8 Å². The molecule has 12 heteroatoms. The highest BCUT2D eigenvalue weighted by Gasteiger charge is 2.24. The molecule has 206 valence electrons. The monoisotopic (exact) mass is 553 g/mol. The fraction of sp³-hybridized carbons (Fsp3) is 0.333. The molecule has 1 aromatic heterocycles. The maximum Gasteiger partial charge on any atom is 0.253 e. The van der Waals surface area contributed by atoms with E-state index in [1.54, 1.807) is 30.7 Å². The number of nitrogens with one attached hydrogen (secondary N) is 4. The Kier molecular flexibility index (Phi) is 9.90. The zero-order valence-electron chi connectivity index (χ0n) is 21.6. The van der Waals surface area contributed by atoms with Gasteiger partial charge in [0.15, 0.2) is 5.82 Å². The van der Waals surface area contributed by atoms with Gasteiger partial charge in [-0.2, -0.15) is 4.98 Å². The molecule has 11 nitrogen and oxygen atoms in total. The molecule has 0 aliphatic carbocycles. The number of likely N-dealkylation sites (tertiary alicyclic amines) is 1. The summed E-state index contributed by atoms with van der Waals surface area (Å²) >= 11 is 6.31. The quantitative estimate of drug-likeness (QED) is 0.135. The molecule has 0 spiro atoms. The Morgan fingerprint density at radius 2 is 1.85 bits per heavy atom. The molecule has 0 bridgehead atoms. The molecule has 2 aromatic carbocycles. The van der Waals surface area contributed by atoms with E-state index in [4.69, 9.17) is 21.5 Å². The van der Waals surface area contributed by atoms with E-state index in [0.29, 0.717) is 34.6 Å². The molecule has 3 aromatic rings. The molecular weight excluding hydrogens is 522 g/mol. The summed E-state index contributed by atoms with van der Waals surface area (Å²) in [6.45, 7) is 3.15. The van der Waals surface area contributed by atoms with Gasteiger partial charge in [-0.1, -0.05) is 23.7 Å². The fourth-order valence-electron chi connectivity index (χ4n) is 4.32. The number of piperidine rings is 1. The number of rotatable bonds is 11. The molecule has 0 saturated carbocycles. The van der Waals surface area contributed by atoms with Crippen LogP contribution in [0.2, 0.25) is 5.02 Å². The Labute approximate surface area is 231 Å². The van der Waals surface area contributed by atoms with Crippen molar-refractivity contribution in [2.24, 2.45) is 5.92 Å². The predicted octanol–water partition coefficient (Wildman–Crippen LogP) is 3.96. The molecular formula is C27H32ClN7O4. The van der Waals surface area contributed by atoms with Crippen molar-refractivity contribution in [2.45, 2.75) is 19.3 Å². The second-order valence-corrected chi connectivity index (χ2v) is 9.49. The minimum absolute atomic E-state index is 0.110. The van der Waals surface area contributed by atoms with Crippen molar-refractivity contribution >= 4 is 46.6 Å². The summed E-state index contributed by atoms with van der Waals surface area (Å²) in [6.07, 6.45) is 3.86. The predicted molar refractivity (Wildman–Crippen MR) is 149 cm³/mol. The molecule has 5 N–H and O–H groups in total. The molecule has 1 fully saturated rings. The van der Waals surface area contributed by atoms with E-state index in [0.717, 1.165) is 50.3 Å². The van der Waals surface area contributed by atoms with Gasteiger partial charge in [0.25, 0.3) is 5.91 Å². The number of halogens is 1. The summed E-state index contributed by atoms with van der Waals surface area (Å²) in [5.41, 5.74) is 3.56. The smallest absolute Gasteiger partial charge is 0.253 e. The highest BCUT2D eigenvalue weighted by Crippen LogP contribution is 2.27. The van der Waals surface area contributed by atoms with E-state index in [9.17, 15) is 9.59 Å². The molecule has 1 aliphatic heterocycles. The first kappa shape index (κ1) is 28.1. The van der Waals surface area contributed by atoms with Gasteiger partial charge in [0, 0.05) is 25.2 Å². The number of benzene rings is 2. The lowest BCUT2D eigenvalue weighted by atomic mass is 9.96. The lowest BCUT2D eigenvalue weighted by Gasteiger charge is -2.30. The molecule has 4 rings (SSSR count). The van der Waals surface area contributed by atoms with Gasteiger partial charge in [-0.3, -0.25) is 14.8 Å². The lowest BCUT2D eigenvalue weighted by Crippen LogP contribution is -2.40. The standard InChI is InChI=1S/C27H32ClN7O4/c1-29-26(37)21-5-2-3-6-23(21)32-24-22(28)17-30-27(33-24)31-19-7-9-20(10-8-19)39-16-4-13-35-14-11-18(12-15-35)25(36)34-38/h2-3,5-10,17-18,38H,4,11-16H2,1H3,(H,29,37)(H,34,36)(H2,30,31,32,33). The average molecular weight is 554 g/mol. The normalized spacial score (nSPS) is 13.9. The molecule has 0 atom stereocenters. The van der Waals surface area contributed by atoms with Gasteiger partial charge < -0.3 is 25.6 Å². The second kappa shape index (κ2) is 13.7. The molecule has 39 heavy (non-hydrogen) atoms. The summed E-state index contributed by atoms with van der Waals surface area (Å²) in [4.78, 5) is 34.7. The van der Waals surface area contributed by atoms with E-state index in [1.807, 2.05) is 30.3 Å². The van der Waals surface area contributed by atoms with Crippen molar-refractivity contribution in [1.29, 1.82) is 0 Å². The van der Waals surface area contributed by atoms with Crippen molar-refractivity contribution in [3.8, 4) is 5.75 Å². The summed E-state index contributed by atoms with van der Waals surface area (Å²) < 4.78 is 5.88. The van der Waals surface area contributed by atoms with Crippen molar-refractivity contribution in [1.82, 2.24) is 25.7 Å². The first-order valence-corrected chi connectivity index (χ1v) is 13.1. The van der Waals surface area contributed by atoms with Crippen LogP contribution in [0.5, 0.6) is 5.75 Å². The third-order valence-electron chi connectivity index (χ3n) is 6.46. The number of anilines is 4. The van der Waals surface area contributed by atoms with Gasteiger partial charge in [0.1, 0.15) is 10.8 Å². The number of para-hydroxylation sites is 1. The molecule has 0 unspecified atom stereocenters. The number of ether oxygens (including phenoxy) is 1. The van der Waals surface area contributed by atoms with Crippen LogP contribution >= 0.6 is 11.6 Å². The number of aromatic nitrogens is 2. The average Bonchev–Trinajstić information content (AvgIpc) is 2.97. The van der Waals surface area contributed by atoms with Crippen LogP contribution in [0.3, 0.4) is 0 Å². The summed E-state index contributed by atoms with van der Waals surface area (Å²) in [6, 6.07) is 14.6. The van der Waals surface area contributed by atoms with Crippen LogP contribution < -0.4 is 26.2 Å². The number of carbonyl (C=O) groups is 2. The van der Waals surface area contributed by atoms with E-state index in [1.165, 1.54) is 6.20 Å². The topological polar surface area (TPSA) is 141 Å². The zero-order chi connectivity index (χ0) is 27.6. The minimum atomic E-state index is -0.292. The SMILES string of the molecule is CNC(=O)c1ccccc1Nc1nc(Nc2ccc(OCCCN3CCC(C(=O)NO)CC3)cc2)ncc1Cl. The molecule has 1 aliphatic rings. The number of hydrogen-bond acceptors (Lipinski definition) is 9. The molecule has 2 amide bonds. The van der Waals surface area contributed by atoms with Gasteiger partial charge in [-0.15, -0.1) is 0 Å². The van der Waals surface area contributed by atoms with Crippen LogP contribution in [0.1, 0.15) is 29.6 Å². The number of nitrogens with zero attached hydrogens (tertiary/aromatic N) is 3. The number of carbonyl (C=O) groups excluding carboxylic acids is 2. The van der Waals surface area contributed by atoms with Crippen molar-refractivity contribution < 1.29 is 19.5 Å². The van der Waals surface area contributed by atoms with Crippen LogP contribution in [0.15, 0.2) is 54.7 Å². The highest BCUT2D eigenvalue weighted by atomic mass is 35.5. The number of hydrogen-bond donors (Lipinski definition) is 5. The van der Waals surface area contributed by atoms with Gasteiger partial charge in [-0.25, -0.2) is 10.5 Å². The number of hydroxylamine groups is 1. The molecule has 2 heterocycles. The Balaban J connectivity index is 1.26. The summed E-state index contributed by atoms with van der Waals surface area (Å²) in [5, 5.41) is 18.0. The van der Waals surface area contributed by atoms with Crippen LogP contribution in [0.4, 0.5) is 23.1 Å². The van der Waals surface area contributed by atoms with E-state index in [-0.39, 0.29) is 17.7 Å². The van der Waals surface area contributed by atoms with Gasteiger partial charge >= 0.3 is 0 Å². The Morgan fingerprint density at radius 1 is 1.10 bits per heavy atom. The van der Waals surface area contributed by atoms with Crippen LogP contribution in [-0.4, -0.2) is 65.2 Å². The zero-order valence-corrected chi connectivity index (χ0v) is 22.4. The minimum Gasteiger partial charge on any atom is -0.494 e. The third kappa shape index (κ3) is 7.79. The Morgan fingerprint density at radius 3 is 2.56 bits per heavy atom.